The van der Waals surface area contributed by atoms with Crippen molar-refractivity contribution in [1.82, 2.24) is 9.80 Å². The molecule has 0 aromatic carbocycles. The molecule has 0 N–H and O–H groups in total. The topological polar surface area (TPSA) is 6.48 Å². The van der Waals surface area contributed by atoms with E-state index in [-0.39, 0.29) is 0 Å². The normalized spacial score (nSPS) is 53.8. The monoisotopic (exact) mass is 715 g/mol. The van der Waals surface area contributed by atoms with Crippen molar-refractivity contribution in [2.45, 2.75) is 239 Å². The molecule has 0 aromatic heterocycles. The van der Waals surface area contributed by atoms with Crippen LogP contribution < -0.4 is 0 Å². The van der Waals surface area contributed by atoms with Crippen molar-refractivity contribution in [3.8, 4) is 0 Å². The average molecular weight is 715 g/mol. The fourth-order valence-electron chi connectivity index (χ4n) is 18.1. The lowest BCUT2D eigenvalue weighted by Crippen LogP contribution is -2.54. The lowest BCUT2D eigenvalue weighted by Gasteiger charge is -2.48. The van der Waals surface area contributed by atoms with E-state index in [0.717, 1.165) is 106 Å². The molecule has 8 aliphatic carbocycles. The number of hydrogen-bond acceptors (Lipinski definition) is 3. The maximum absolute atomic E-state index is 3.40. The Kier molecular flexibility index (Phi) is 9.91. The maximum atomic E-state index is 3.40. The predicted molar refractivity (Wildman–Crippen MR) is 215 cm³/mol. The molecular weight excluding hydrogens is 637 g/mol. The molecule has 0 radical (unpaired) electrons. The highest BCUT2D eigenvalue weighted by Crippen LogP contribution is 2.61. The molecule has 11 rings (SSSR count). The van der Waals surface area contributed by atoms with Crippen LogP contribution in [0.5, 0.6) is 0 Å². The van der Waals surface area contributed by atoms with Crippen LogP contribution in [-0.2, 0) is 0 Å². The lowest BCUT2D eigenvalue weighted by atomic mass is 9.62. The molecule has 286 valence electrons. The van der Waals surface area contributed by atoms with Gasteiger partial charge in [-0.1, -0.05) is 77.0 Å². The van der Waals surface area contributed by atoms with Crippen molar-refractivity contribution in [3.63, 3.8) is 0 Å². The van der Waals surface area contributed by atoms with Crippen molar-refractivity contribution in [3.05, 3.63) is 0 Å². The Morgan fingerprint density at radius 3 is 1.49 bits per heavy atom. The van der Waals surface area contributed by atoms with E-state index in [2.05, 4.69) is 21.6 Å². The molecule has 11 fully saturated rings. The second-order valence-electron chi connectivity index (χ2n) is 21.8. The van der Waals surface area contributed by atoms with Gasteiger partial charge in [-0.05, 0) is 175 Å². The first-order chi connectivity index (χ1) is 25.3. The molecule has 0 aromatic rings. The van der Waals surface area contributed by atoms with Crippen LogP contribution in [0.2, 0.25) is 0 Å². The van der Waals surface area contributed by atoms with Crippen molar-refractivity contribution in [2.24, 2.45) is 59.2 Å². The third kappa shape index (κ3) is 6.04. The Hall–Kier alpha value is 0.270. The summed E-state index contributed by atoms with van der Waals surface area (Å²) in [5.41, 5.74) is 0. The second-order valence-corrected chi connectivity index (χ2v) is 23.2. The summed E-state index contributed by atoms with van der Waals surface area (Å²) in [5.74, 6) is 10.7. The fraction of sp³-hybridized carbons (Fsp3) is 1.00. The summed E-state index contributed by atoms with van der Waals surface area (Å²) < 4.78 is 0. The molecule has 51 heavy (non-hydrogen) atoms. The summed E-state index contributed by atoms with van der Waals surface area (Å²) in [5, 5.41) is 2.03. The summed E-state index contributed by atoms with van der Waals surface area (Å²) in [6, 6.07) is 5.77. The van der Waals surface area contributed by atoms with Crippen LogP contribution in [0.4, 0.5) is 0 Å². The van der Waals surface area contributed by atoms with Gasteiger partial charge in [-0.25, -0.2) is 0 Å². The summed E-state index contributed by atoms with van der Waals surface area (Å²) in [4.78, 5) is 6.72. The molecule has 8 saturated carbocycles. The van der Waals surface area contributed by atoms with Crippen molar-refractivity contribution in [1.29, 1.82) is 0 Å². The molecule has 3 aliphatic heterocycles. The van der Waals surface area contributed by atoms with E-state index in [0.29, 0.717) is 0 Å². The van der Waals surface area contributed by atoms with Gasteiger partial charge < -0.3 is 0 Å². The van der Waals surface area contributed by atoms with Gasteiger partial charge >= 0.3 is 0 Å². The van der Waals surface area contributed by atoms with Crippen LogP contribution in [0.3, 0.4) is 0 Å². The third-order valence-electron chi connectivity index (χ3n) is 20.0. The van der Waals surface area contributed by atoms with Crippen LogP contribution >= 0.6 is 11.8 Å². The SMILES string of the molecule is C1CCC(C2CCC(N3C4CCCCC4C4CC(C5CCC6C(C5)C5CCCCC5N6C5CCCC6C7CCCCC7SC65)CCC43)CC2)CC1. The summed E-state index contributed by atoms with van der Waals surface area (Å²) >= 11 is 2.56. The first-order valence-electron chi connectivity index (χ1n) is 24.5. The van der Waals surface area contributed by atoms with Crippen molar-refractivity contribution in [2.75, 3.05) is 0 Å². The van der Waals surface area contributed by atoms with Crippen LogP contribution in [-0.4, -0.2) is 56.6 Å². The fourth-order valence-corrected chi connectivity index (χ4v) is 20.4. The Morgan fingerprint density at radius 2 is 0.784 bits per heavy atom. The molecule has 0 spiro atoms. The highest BCUT2D eigenvalue weighted by atomic mass is 32.2. The van der Waals surface area contributed by atoms with E-state index in [4.69, 9.17) is 0 Å². The number of nitrogens with zero attached hydrogens (tertiary/aromatic N) is 2. The number of fused-ring (bicyclic) bond motifs is 9. The molecular formula is C48H78N2S. The zero-order chi connectivity index (χ0) is 33.5. The minimum Gasteiger partial charge on any atom is -0.294 e. The first-order valence-corrected chi connectivity index (χ1v) is 25.4. The molecule has 2 nitrogen and oxygen atoms in total. The van der Waals surface area contributed by atoms with E-state index < -0.39 is 0 Å². The Bertz CT molecular complexity index is 1190. The minimum atomic E-state index is 0.942. The second kappa shape index (κ2) is 14.6. The average Bonchev–Trinajstić information content (AvgIpc) is 3.86. The van der Waals surface area contributed by atoms with Crippen molar-refractivity contribution < 1.29 is 0 Å². The minimum absolute atomic E-state index is 0.942. The number of likely N-dealkylation sites (tertiary alicyclic amines) is 2. The van der Waals surface area contributed by atoms with E-state index >= 15 is 0 Å². The van der Waals surface area contributed by atoms with Gasteiger partial charge in [-0.15, -0.1) is 0 Å². The highest BCUT2D eigenvalue weighted by Gasteiger charge is 2.59. The van der Waals surface area contributed by atoms with E-state index in [9.17, 15) is 0 Å². The lowest BCUT2D eigenvalue weighted by molar-refractivity contribution is 0.0212. The Labute approximate surface area is 318 Å². The van der Waals surface area contributed by atoms with Gasteiger partial charge in [0.2, 0.25) is 0 Å². The number of rotatable bonds is 4. The van der Waals surface area contributed by atoms with Gasteiger partial charge in [0.1, 0.15) is 0 Å². The van der Waals surface area contributed by atoms with E-state index in [1.165, 1.54) is 38.5 Å². The Morgan fingerprint density at radius 1 is 0.294 bits per heavy atom. The van der Waals surface area contributed by atoms with Crippen molar-refractivity contribution >= 4 is 11.8 Å². The predicted octanol–water partition coefficient (Wildman–Crippen LogP) is 12.3. The number of thioether (sulfide) groups is 1. The molecule has 11 aliphatic rings. The van der Waals surface area contributed by atoms with Gasteiger partial charge in [0.25, 0.3) is 0 Å². The van der Waals surface area contributed by atoms with E-state index in [1.807, 2.05) is 0 Å². The zero-order valence-corrected chi connectivity index (χ0v) is 33.7. The molecule has 3 heterocycles. The van der Waals surface area contributed by atoms with E-state index in [1.54, 1.807) is 154 Å². The Balaban J connectivity index is 0.777. The molecule has 0 bridgehead atoms. The highest BCUT2D eigenvalue weighted by molar-refractivity contribution is 8.00. The maximum Gasteiger partial charge on any atom is 0.0237 e. The smallest absolute Gasteiger partial charge is 0.0237 e. The van der Waals surface area contributed by atoms with Gasteiger partial charge in [0.15, 0.2) is 0 Å². The van der Waals surface area contributed by atoms with Gasteiger partial charge in [0.05, 0.1) is 0 Å². The molecule has 15 unspecified atom stereocenters. The van der Waals surface area contributed by atoms with Crippen LogP contribution in [0.1, 0.15) is 193 Å². The summed E-state index contributed by atoms with van der Waals surface area (Å²) in [6.45, 7) is 0. The zero-order valence-electron chi connectivity index (χ0n) is 32.9. The van der Waals surface area contributed by atoms with Crippen LogP contribution in [0, 0.1) is 59.2 Å². The third-order valence-corrected chi connectivity index (χ3v) is 21.9. The summed E-state index contributed by atoms with van der Waals surface area (Å²) in [7, 11) is 0. The summed E-state index contributed by atoms with van der Waals surface area (Å²) in [6.07, 6.45) is 47.0. The molecule has 15 atom stereocenters. The van der Waals surface area contributed by atoms with Gasteiger partial charge in [-0.3, -0.25) is 9.80 Å². The molecule has 3 heteroatoms. The number of hydrogen-bond donors (Lipinski definition) is 0. The largest absolute Gasteiger partial charge is 0.294 e. The standard InChI is InChI=1S/C48H78N2S/c1-2-11-31(12-3-1)32-21-25-35(26-22-32)49-42-17-7-4-13-36(42)40-29-33(23-27-44(40)49)34-24-28-45-41(30-34)37-14-5-8-18-43(37)50(45)46-19-10-16-39-38-15-6-9-20-47(38)51-48(39)46/h31-48H,1-30H2. The van der Waals surface area contributed by atoms with Gasteiger partial charge in [-0.2, -0.15) is 11.8 Å². The van der Waals surface area contributed by atoms with Crippen LogP contribution in [0.15, 0.2) is 0 Å². The molecule has 3 saturated heterocycles. The van der Waals surface area contributed by atoms with Crippen LogP contribution in [0.25, 0.3) is 0 Å². The molecule has 0 amide bonds. The first kappa shape index (κ1) is 34.5. The van der Waals surface area contributed by atoms with Gasteiger partial charge in [0, 0.05) is 46.8 Å². The quantitative estimate of drug-likeness (QED) is 0.286.